The molecule has 4 aromatic rings. The maximum Gasteiger partial charge on any atom is 0.253 e. The van der Waals surface area contributed by atoms with Crippen molar-refractivity contribution < 1.29 is 0 Å². The van der Waals surface area contributed by atoms with Crippen LogP contribution < -0.4 is 0 Å². The van der Waals surface area contributed by atoms with Gasteiger partial charge in [0.2, 0.25) is 5.78 Å². The minimum atomic E-state index is 0.175. The van der Waals surface area contributed by atoms with Gasteiger partial charge in [0, 0.05) is 30.9 Å². The third-order valence-electron chi connectivity index (χ3n) is 4.05. The number of rotatable bonds is 4. The fraction of sp³-hybridized carbons (Fsp3) is 0.375. The molecule has 24 heavy (non-hydrogen) atoms. The Kier molecular flexibility index (Phi) is 3.44. The van der Waals surface area contributed by atoms with Gasteiger partial charge >= 0.3 is 0 Å². The van der Waals surface area contributed by atoms with E-state index in [-0.39, 0.29) is 5.92 Å². The van der Waals surface area contributed by atoms with Crippen LogP contribution in [0, 0.1) is 0 Å². The quantitative estimate of drug-likeness (QED) is 0.571. The molecule has 8 nitrogen and oxygen atoms in total. The Hall–Kier alpha value is -2.90. The zero-order valence-corrected chi connectivity index (χ0v) is 13.8. The summed E-state index contributed by atoms with van der Waals surface area (Å²) in [7, 11) is 0. The lowest BCUT2D eigenvalue weighted by molar-refractivity contribution is 0.696. The van der Waals surface area contributed by atoms with Gasteiger partial charge in [0.15, 0.2) is 0 Å². The molecule has 0 saturated carbocycles. The minimum Gasteiger partial charge on any atom is -0.288 e. The standard InChI is InChI=1S/C16H18N8/c1-10(2)12-7-24-9-17-14(21-15(24)19-12)6-11(3)13-8-23-5-4-18-22-16(23)20-13/h4-5,7-11H,6H2,1-3H3. The van der Waals surface area contributed by atoms with E-state index in [1.807, 2.05) is 27.4 Å². The molecule has 0 amide bonds. The van der Waals surface area contributed by atoms with E-state index < -0.39 is 0 Å². The summed E-state index contributed by atoms with van der Waals surface area (Å²) in [5, 5.41) is 7.86. The Morgan fingerprint density at radius 3 is 2.54 bits per heavy atom. The lowest BCUT2D eigenvalue weighted by Crippen LogP contribution is -2.05. The van der Waals surface area contributed by atoms with Crippen molar-refractivity contribution in [2.45, 2.75) is 39.0 Å². The minimum absolute atomic E-state index is 0.175. The lowest BCUT2D eigenvalue weighted by Gasteiger charge is -2.06. The highest BCUT2D eigenvalue weighted by molar-refractivity contribution is 5.32. The number of hydrogen-bond donors (Lipinski definition) is 0. The first-order valence-corrected chi connectivity index (χ1v) is 7.97. The molecule has 0 spiro atoms. The van der Waals surface area contributed by atoms with Crippen LogP contribution in [-0.4, -0.2) is 38.9 Å². The first-order chi connectivity index (χ1) is 11.6. The van der Waals surface area contributed by atoms with Crippen molar-refractivity contribution in [1.29, 1.82) is 0 Å². The van der Waals surface area contributed by atoms with Gasteiger partial charge in [-0.3, -0.25) is 8.80 Å². The molecule has 122 valence electrons. The highest BCUT2D eigenvalue weighted by Gasteiger charge is 2.14. The number of nitrogens with zero attached hydrogens (tertiary/aromatic N) is 8. The van der Waals surface area contributed by atoms with E-state index in [0.717, 1.165) is 17.2 Å². The van der Waals surface area contributed by atoms with E-state index in [0.29, 0.717) is 23.9 Å². The van der Waals surface area contributed by atoms with E-state index >= 15 is 0 Å². The average molecular weight is 322 g/mol. The number of hydrogen-bond acceptors (Lipinski definition) is 6. The normalized spacial score (nSPS) is 13.2. The van der Waals surface area contributed by atoms with Crippen LogP contribution in [0.25, 0.3) is 11.6 Å². The Morgan fingerprint density at radius 1 is 0.958 bits per heavy atom. The van der Waals surface area contributed by atoms with Gasteiger partial charge < -0.3 is 0 Å². The van der Waals surface area contributed by atoms with Crippen LogP contribution in [0.1, 0.15) is 49.8 Å². The molecule has 0 bridgehead atoms. The van der Waals surface area contributed by atoms with Gasteiger partial charge in [0.1, 0.15) is 12.2 Å². The number of aromatic nitrogens is 8. The van der Waals surface area contributed by atoms with E-state index in [1.54, 1.807) is 12.5 Å². The molecule has 0 radical (unpaired) electrons. The molecular formula is C16H18N8. The van der Waals surface area contributed by atoms with Crippen LogP contribution in [0.5, 0.6) is 0 Å². The van der Waals surface area contributed by atoms with Gasteiger partial charge in [-0.25, -0.2) is 15.0 Å². The Bertz CT molecular complexity index is 967. The highest BCUT2D eigenvalue weighted by Crippen LogP contribution is 2.19. The zero-order chi connectivity index (χ0) is 16.7. The predicted octanol–water partition coefficient (Wildman–Crippen LogP) is 2.03. The van der Waals surface area contributed by atoms with Crippen molar-refractivity contribution in [3.05, 3.63) is 48.3 Å². The fourth-order valence-corrected chi connectivity index (χ4v) is 2.61. The topological polar surface area (TPSA) is 86.2 Å². The zero-order valence-electron chi connectivity index (χ0n) is 13.8. The summed E-state index contributed by atoms with van der Waals surface area (Å²) in [4.78, 5) is 18.1. The first-order valence-electron chi connectivity index (χ1n) is 7.97. The summed E-state index contributed by atoms with van der Waals surface area (Å²) in [5.74, 6) is 2.60. The van der Waals surface area contributed by atoms with Crippen molar-refractivity contribution in [2.24, 2.45) is 0 Å². The Morgan fingerprint density at radius 2 is 1.75 bits per heavy atom. The van der Waals surface area contributed by atoms with Crippen molar-refractivity contribution >= 4 is 11.6 Å². The van der Waals surface area contributed by atoms with Crippen molar-refractivity contribution in [1.82, 2.24) is 38.9 Å². The lowest BCUT2D eigenvalue weighted by atomic mass is 10.0. The molecule has 0 aliphatic heterocycles. The largest absolute Gasteiger partial charge is 0.288 e. The molecule has 0 N–H and O–H groups in total. The van der Waals surface area contributed by atoms with Crippen LogP contribution in [0.4, 0.5) is 0 Å². The number of imidazole rings is 2. The molecule has 8 heteroatoms. The summed E-state index contributed by atoms with van der Waals surface area (Å²) >= 11 is 0. The van der Waals surface area contributed by atoms with Crippen LogP contribution in [0.15, 0.2) is 31.1 Å². The maximum atomic E-state index is 4.58. The molecular weight excluding hydrogens is 304 g/mol. The number of fused-ring (bicyclic) bond motifs is 2. The van der Waals surface area contributed by atoms with E-state index in [1.165, 1.54) is 0 Å². The monoisotopic (exact) mass is 322 g/mol. The van der Waals surface area contributed by atoms with E-state index in [2.05, 4.69) is 50.9 Å². The molecule has 1 atom stereocenters. The van der Waals surface area contributed by atoms with Crippen molar-refractivity contribution in [2.75, 3.05) is 0 Å². The summed E-state index contributed by atoms with van der Waals surface area (Å²) < 4.78 is 3.73. The van der Waals surface area contributed by atoms with Gasteiger partial charge in [0.25, 0.3) is 5.78 Å². The SMILES string of the molecule is CC(C)c1cn2cnc(CC(C)c3cn4ccnnc4n3)nc2n1. The summed E-state index contributed by atoms with van der Waals surface area (Å²) in [6.45, 7) is 6.34. The molecule has 4 aromatic heterocycles. The average Bonchev–Trinajstić information content (AvgIpc) is 3.18. The second-order valence-corrected chi connectivity index (χ2v) is 6.29. The van der Waals surface area contributed by atoms with Crippen LogP contribution >= 0.6 is 0 Å². The van der Waals surface area contributed by atoms with Gasteiger partial charge in [-0.1, -0.05) is 20.8 Å². The molecule has 0 aliphatic rings. The summed E-state index contributed by atoms with van der Waals surface area (Å²) in [6, 6.07) is 0. The Balaban J connectivity index is 1.60. The third kappa shape index (κ3) is 2.60. The van der Waals surface area contributed by atoms with Crippen molar-refractivity contribution in [3.8, 4) is 0 Å². The van der Waals surface area contributed by atoms with E-state index in [4.69, 9.17) is 0 Å². The van der Waals surface area contributed by atoms with Gasteiger partial charge in [-0.2, -0.15) is 10.1 Å². The molecule has 0 aliphatic carbocycles. The molecule has 0 fully saturated rings. The predicted molar refractivity (Wildman–Crippen MR) is 87.8 cm³/mol. The summed E-state index contributed by atoms with van der Waals surface area (Å²) in [6.07, 6.45) is 9.90. The van der Waals surface area contributed by atoms with Crippen LogP contribution in [0.2, 0.25) is 0 Å². The van der Waals surface area contributed by atoms with Gasteiger partial charge in [-0.05, 0) is 5.92 Å². The van der Waals surface area contributed by atoms with Crippen LogP contribution in [-0.2, 0) is 6.42 Å². The van der Waals surface area contributed by atoms with Crippen molar-refractivity contribution in [3.63, 3.8) is 0 Å². The second kappa shape index (κ2) is 5.63. The maximum absolute atomic E-state index is 4.58. The van der Waals surface area contributed by atoms with E-state index in [9.17, 15) is 0 Å². The molecule has 1 unspecified atom stereocenters. The van der Waals surface area contributed by atoms with Gasteiger partial charge in [0.05, 0.1) is 17.6 Å². The molecule has 4 heterocycles. The summed E-state index contributed by atoms with van der Waals surface area (Å²) in [5.41, 5.74) is 1.97. The second-order valence-electron chi connectivity index (χ2n) is 6.29. The molecule has 0 aromatic carbocycles. The first kappa shape index (κ1) is 14.7. The van der Waals surface area contributed by atoms with Crippen LogP contribution in [0.3, 0.4) is 0 Å². The molecule has 0 saturated heterocycles. The fourth-order valence-electron chi connectivity index (χ4n) is 2.61. The van der Waals surface area contributed by atoms with Gasteiger partial charge in [-0.15, -0.1) is 5.10 Å². The smallest absolute Gasteiger partial charge is 0.253 e. The highest BCUT2D eigenvalue weighted by atomic mass is 15.2. The third-order valence-corrected chi connectivity index (χ3v) is 4.05. The Labute approximate surface area is 138 Å². The molecule has 4 rings (SSSR count).